The van der Waals surface area contributed by atoms with E-state index in [9.17, 15) is 0 Å². The van der Waals surface area contributed by atoms with Gasteiger partial charge in [0.25, 0.3) is 0 Å². The standard InChI is InChI=1S/C14H23NS/c1-2-5-11-15(10-4-1)12-6-3-8-14-9-7-13-16-14/h7,9,13H,1-6,8,10-12H2. The molecule has 0 unspecified atom stereocenters. The van der Waals surface area contributed by atoms with Crippen molar-refractivity contribution in [3.63, 3.8) is 0 Å². The average Bonchev–Trinajstić information content (AvgIpc) is 2.68. The maximum Gasteiger partial charge on any atom is 0.00452 e. The predicted octanol–water partition coefficient (Wildman–Crippen LogP) is 3.95. The Morgan fingerprint density at radius 3 is 2.56 bits per heavy atom. The van der Waals surface area contributed by atoms with Crippen LogP contribution < -0.4 is 0 Å². The molecule has 2 heterocycles. The molecule has 0 aromatic carbocycles. The first kappa shape index (κ1) is 12.1. The molecule has 0 amide bonds. The summed E-state index contributed by atoms with van der Waals surface area (Å²) in [6.45, 7) is 4.02. The van der Waals surface area contributed by atoms with Gasteiger partial charge in [0.1, 0.15) is 0 Å². The van der Waals surface area contributed by atoms with E-state index in [1.54, 1.807) is 4.88 Å². The lowest BCUT2D eigenvalue weighted by Crippen LogP contribution is -2.25. The quantitative estimate of drug-likeness (QED) is 0.701. The van der Waals surface area contributed by atoms with Gasteiger partial charge in [-0.05, 0) is 63.2 Å². The summed E-state index contributed by atoms with van der Waals surface area (Å²) in [5.41, 5.74) is 0. The second-order valence-electron chi connectivity index (χ2n) is 4.79. The number of rotatable bonds is 5. The van der Waals surface area contributed by atoms with Gasteiger partial charge >= 0.3 is 0 Å². The van der Waals surface area contributed by atoms with Crippen LogP contribution >= 0.6 is 11.3 Å². The maximum atomic E-state index is 2.67. The highest BCUT2D eigenvalue weighted by molar-refractivity contribution is 7.09. The molecular formula is C14H23NS. The summed E-state index contributed by atoms with van der Waals surface area (Å²) in [6.07, 6.45) is 9.76. The number of likely N-dealkylation sites (tertiary alicyclic amines) is 1. The Hall–Kier alpha value is -0.340. The molecule has 90 valence electrons. The van der Waals surface area contributed by atoms with Crippen molar-refractivity contribution in [2.75, 3.05) is 19.6 Å². The lowest BCUT2D eigenvalue weighted by Gasteiger charge is -2.19. The molecule has 0 radical (unpaired) electrons. The molecule has 0 atom stereocenters. The highest BCUT2D eigenvalue weighted by atomic mass is 32.1. The largest absolute Gasteiger partial charge is 0.303 e. The first-order valence-electron chi connectivity index (χ1n) is 6.70. The van der Waals surface area contributed by atoms with Crippen molar-refractivity contribution in [3.05, 3.63) is 22.4 Å². The second-order valence-corrected chi connectivity index (χ2v) is 5.82. The molecule has 1 nitrogen and oxygen atoms in total. The van der Waals surface area contributed by atoms with Gasteiger partial charge in [-0.3, -0.25) is 0 Å². The summed E-state index contributed by atoms with van der Waals surface area (Å²) in [5, 5.41) is 2.18. The summed E-state index contributed by atoms with van der Waals surface area (Å²) in [7, 11) is 0. The monoisotopic (exact) mass is 237 g/mol. The number of hydrogen-bond donors (Lipinski definition) is 0. The Kier molecular flexibility index (Phi) is 5.36. The number of nitrogens with zero attached hydrogens (tertiary/aromatic N) is 1. The fourth-order valence-electron chi connectivity index (χ4n) is 2.45. The summed E-state index contributed by atoms with van der Waals surface area (Å²) in [6, 6.07) is 4.42. The van der Waals surface area contributed by atoms with Gasteiger partial charge in [0, 0.05) is 4.88 Å². The minimum Gasteiger partial charge on any atom is -0.303 e. The fourth-order valence-corrected chi connectivity index (χ4v) is 3.20. The molecule has 0 N–H and O–H groups in total. The van der Waals surface area contributed by atoms with Crippen LogP contribution in [-0.2, 0) is 6.42 Å². The van der Waals surface area contributed by atoms with Crippen molar-refractivity contribution in [3.8, 4) is 0 Å². The van der Waals surface area contributed by atoms with Crippen molar-refractivity contribution < 1.29 is 0 Å². The van der Waals surface area contributed by atoms with Crippen LogP contribution in [0.2, 0.25) is 0 Å². The van der Waals surface area contributed by atoms with Crippen LogP contribution in [0.1, 0.15) is 43.4 Å². The zero-order chi connectivity index (χ0) is 11.1. The lowest BCUT2D eigenvalue weighted by molar-refractivity contribution is 0.279. The van der Waals surface area contributed by atoms with Gasteiger partial charge in [-0.2, -0.15) is 0 Å². The average molecular weight is 237 g/mol. The fraction of sp³-hybridized carbons (Fsp3) is 0.714. The lowest BCUT2D eigenvalue weighted by atomic mass is 10.2. The van der Waals surface area contributed by atoms with Gasteiger partial charge in [0.15, 0.2) is 0 Å². The van der Waals surface area contributed by atoms with E-state index in [4.69, 9.17) is 0 Å². The first-order chi connectivity index (χ1) is 7.95. The number of thiophene rings is 1. The normalized spacial score (nSPS) is 18.5. The van der Waals surface area contributed by atoms with Gasteiger partial charge in [-0.25, -0.2) is 0 Å². The van der Waals surface area contributed by atoms with Crippen LogP contribution in [0, 0.1) is 0 Å². The van der Waals surface area contributed by atoms with Gasteiger partial charge in [0.05, 0.1) is 0 Å². The van der Waals surface area contributed by atoms with Crippen molar-refractivity contribution in [2.24, 2.45) is 0 Å². The molecule has 1 aliphatic rings. The molecule has 2 heteroatoms. The van der Waals surface area contributed by atoms with Crippen molar-refractivity contribution in [2.45, 2.75) is 44.9 Å². The smallest absolute Gasteiger partial charge is 0.00452 e. The zero-order valence-electron chi connectivity index (χ0n) is 10.2. The number of hydrogen-bond acceptors (Lipinski definition) is 2. The van der Waals surface area contributed by atoms with Crippen LogP contribution in [0.4, 0.5) is 0 Å². The van der Waals surface area contributed by atoms with E-state index in [1.165, 1.54) is 64.6 Å². The Morgan fingerprint density at radius 2 is 1.88 bits per heavy atom. The van der Waals surface area contributed by atoms with Crippen molar-refractivity contribution in [1.82, 2.24) is 4.90 Å². The SMILES string of the molecule is c1csc(CCCCN2CCCCCC2)c1. The van der Waals surface area contributed by atoms with E-state index in [2.05, 4.69) is 22.4 Å². The van der Waals surface area contributed by atoms with E-state index in [-0.39, 0.29) is 0 Å². The minimum absolute atomic E-state index is 1.28. The summed E-state index contributed by atoms with van der Waals surface area (Å²) < 4.78 is 0. The number of unbranched alkanes of at least 4 members (excludes halogenated alkanes) is 1. The van der Waals surface area contributed by atoms with Crippen molar-refractivity contribution in [1.29, 1.82) is 0 Å². The molecule has 2 rings (SSSR count). The molecule has 16 heavy (non-hydrogen) atoms. The number of aryl methyl sites for hydroxylation is 1. The highest BCUT2D eigenvalue weighted by Gasteiger charge is 2.07. The summed E-state index contributed by atoms with van der Waals surface area (Å²) in [4.78, 5) is 4.22. The van der Waals surface area contributed by atoms with E-state index < -0.39 is 0 Å². The van der Waals surface area contributed by atoms with Gasteiger partial charge < -0.3 is 4.90 Å². The van der Waals surface area contributed by atoms with E-state index >= 15 is 0 Å². The van der Waals surface area contributed by atoms with Gasteiger partial charge in [-0.1, -0.05) is 18.9 Å². The van der Waals surface area contributed by atoms with Crippen LogP contribution in [0.3, 0.4) is 0 Å². The van der Waals surface area contributed by atoms with Crippen LogP contribution in [-0.4, -0.2) is 24.5 Å². The van der Waals surface area contributed by atoms with Crippen LogP contribution in [0.15, 0.2) is 17.5 Å². The molecule has 0 spiro atoms. The topological polar surface area (TPSA) is 3.24 Å². The van der Waals surface area contributed by atoms with Gasteiger partial charge in [0.2, 0.25) is 0 Å². The molecule has 1 aromatic rings. The third-order valence-corrected chi connectivity index (χ3v) is 4.36. The molecule has 1 saturated heterocycles. The second kappa shape index (κ2) is 7.08. The minimum atomic E-state index is 1.28. The molecular weight excluding hydrogens is 214 g/mol. The molecule has 0 saturated carbocycles. The van der Waals surface area contributed by atoms with Crippen molar-refractivity contribution >= 4 is 11.3 Å². The first-order valence-corrected chi connectivity index (χ1v) is 7.58. The van der Waals surface area contributed by atoms with Gasteiger partial charge in [-0.15, -0.1) is 11.3 Å². The predicted molar refractivity (Wildman–Crippen MR) is 72.2 cm³/mol. The molecule has 1 aliphatic heterocycles. The van der Waals surface area contributed by atoms with E-state index in [1.807, 2.05) is 11.3 Å². The maximum absolute atomic E-state index is 2.67. The van der Waals surface area contributed by atoms with E-state index in [0.717, 1.165) is 0 Å². The summed E-state index contributed by atoms with van der Waals surface area (Å²) in [5.74, 6) is 0. The molecule has 1 aromatic heterocycles. The Balaban J connectivity index is 1.56. The zero-order valence-corrected chi connectivity index (χ0v) is 11.0. The highest BCUT2D eigenvalue weighted by Crippen LogP contribution is 2.13. The van der Waals surface area contributed by atoms with Crippen LogP contribution in [0.25, 0.3) is 0 Å². The molecule has 0 aliphatic carbocycles. The Labute approximate surface area is 103 Å². The molecule has 1 fully saturated rings. The van der Waals surface area contributed by atoms with Crippen LogP contribution in [0.5, 0.6) is 0 Å². The van der Waals surface area contributed by atoms with E-state index in [0.29, 0.717) is 0 Å². The third-order valence-electron chi connectivity index (χ3n) is 3.43. The third kappa shape index (κ3) is 4.26. The summed E-state index contributed by atoms with van der Waals surface area (Å²) >= 11 is 1.90. The Bertz CT molecular complexity index is 260. The Morgan fingerprint density at radius 1 is 1.06 bits per heavy atom. The molecule has 0 bridgehead atoms.